The van der Waals surface area contributed by atoms with E-state index in [9.17, 15) is 4.79 Å². The van der Waals surface area contributed by atoms with E-state index in [0.717, 1.165) is 44.0 Å². The summed E-state index contributed by atoms with van der Waals surface area (Å²) in [5, 5.41) is 7.94. The summed E-state index contributed by atoms with van der Waals surface area (Å²) in [5.74, 6) is 2.39. The van der Waals surface area contributed by atoms with Crippen LogP contribution in [0.3, 0.4) is 0 Å². The Kier molecular flexibility index (Phi) is 12.9. The highest BCUT2D eigenvalue weighted by Gasteiger charge is 2.18. The van der Waals surface area contributed by atoms with Crippen LogP contribution < -0.4 is 0 Å². The third kappa shape index (κ3) is 9.70. The molecular weight excluding hydrogens is 254 g/mol. The van der Waals surface area contributed by atoms with Crippen molar-refractivity contribution in [3.63, 3.8) is 0 Å². The van der Waals surface area contributed by atoms with Gasteiger partial charge in [-0.3, -0.25) is 4.79 Å². The molecule has 1 aliphatic rings. The molecule has 1 N–H and O–H groups in total. The predicted molar refractivity (Wildman–Crippen MR) is 74.0 cm³/mol. The quantitative estimate of drug-likeness (QED) is 0.660. The molecule has 1 aliphatic heterocycles. The minimum absolute atomic E-state index is 0.122. The molecule has 1 fully saturated rings. The van der Waals surface area contributed by atoms with Crippen LogP contribution in [0.25, 0.3) is 0 Å². The van der Waals surface area contributed by atoms with E-state index in [1.807, 2.05) is 16.7 Å². The first-order valence-corrected chi connectivity index (χ1v) is 7.36. The van der Waals surface area contributed by atoms with Gasteiger partial charge in [-0.25, -0.2) is 0 Å². The fraction of sp³-hybridized carbons (Fsp3) is 0.917. The zero-order valence-electron chi connectivity index (χ0n) is 11.4. The molecule has 1 amide bonds. The zero-order chi connectivity index (χ0) is 13.6. The van der Waals surface area contributed by atoms with Gasteiger partial charge in [0.1, 0.15) is 0 Å². The highest BCUT2D eigenvalue weighted by atomic mass is 32.2. The first-order chi connectivity index (χ1) is 8.76. The maximum Gasteiger partial charge on any atom is 0.222 e. The smallest absolute Gasteiger partial charge is 0.222 e. The molecule has 1 saturated heterocycles. The predicted octanol–water partition coefficient (Wildman–Crippen LogP) is 0.614. The lowest BCUT2D eigenvalue weighted by atomic mass is 10.4. The lowest BCUT2D eigenvalue weighted by Crippen LogP contribution is -2.27. The van der Waals surface area contributed by atoms with Gasteiger partial charge in [0.25, 0.3) is 0 Å². The zero-order valence-corrected chi connectivity index (χ0v) is 12.2. The summed E-state index contributed by atoms with van der Waals surface area (Å²) in [6.45, 7) is 3.24. The molecular formula is C12H25NO4S. The van der Waals surface area contributed by atoms with E-state index in [1.165, 1.54) is 0 Å². The summed E-state index contributed by atoms with van der Waals surface area (Å²) in [6, 6.07) is 0. The molecule has 5 nitrogen and oxygen atoms in total. The van der Waals surface area contributed by atoms with Gasteiger partial charge in [-0.05, 0) is 6.42 Å². The van der Waals surface area contributed by atoms with Crippen molar-refractivity contribution in [2.75, 3.05) is 58.6 Å². The molecule has 1 rings (SSSR count). The van der Waals surface area contributed by atoms with Crippen LogP contribution in [0.1, 0.15) is 12.8 Å². The monoisotopic (exact) mass is 279 g/mol. The summed E-state index contributed by atoms with van der Waals surface area (Å²) in [6.07, 6.45) is 1.80. The lowest BCUT2D eigenvalue weighted by Gasteiger charge is -2.14. The van der Waals surface area contributed by atoms with Crippen molar-refractivity contribution in [3.05, 3.63) is 0 Å². The molecule has 0 aromatic heterocycles. The highest BCUT2D eigenvalue weighted by molar-refractivity contribution is 7.99. The number of nitrogens with zero attached hydrogens (tertiary/aromatic N) is 1. The number of thioether (sulfide) groups is 1. The molecule has 0 saturated carbocycles. The average molecular weight is 279 g/mol. The molecule has 108 valence electrons. The van der Waals surface area contributed by atoms with Crippen molar-refractivity contribution in [2.45, 2.75) is 12.8 Å². The van der Waals surface area contributed by atoms with Crippen LogP contribution in [-0.2, 0) is 14.3 Å². The lowest BCUT2D eigenvalue weighted by molar-refractivity contribution is -0.127. The highest BCUT2D eigenvalue weighted by Crippen LogP contribution is 2.10. The first kappa shape index (κ1) is 17.7. The molecule has 0 aromatic rings. The second kappa shape index (κ2) is 13.1. The molecule has 1 heterocycles. The Morgan fingerprint density at radius 3 is 2.44 bits per heavy atom. The molecule has 18 heavy (non-hydrogen) atoms. The van der Waals surface area contributed by atoms with E-state index in [1.54, 1.807) is 14.2 Å². The van der Waals surface area contributed by atoms with Crippen LogP contribution in [0.4, 0.5) is 0 Å². The van der Waals surface area contributed by atoms with Gasteiger partial charge in [-0.1, -0.05) is 0 Å². The third-order valence-corrected chi connectivity index (χ3v) is 3.33. The number of methoxy groups -OCH3 is 2. The normalized spacial score (nSPS) is 14.6. The fourth-order valence-electron chi connectivity index (χ4n) is 1.45. The summed E-state index contributed by atoms with van der Waals surface area (Å²) >= 11 is 1.85. The van der Waals surface area contributed by atoms with Crippen molar-refractivity contribution in [1.29, 1.82) is 0 Å². The number of amides is 1. The van der Waals surface area contributed by atoms with Gasteiger partial charge in [-0.15, -0.1) is 0 Å². The Bertz CT molecular complexity index is 203. The SMILES string of the molecule is COCCO.COCCSCCN1CCCC1=O. The van der Waals surface area contributed by atoms with Crippen molar-refractivity contribution in [1.82, 2.24) is 4.90 Å². The van der Waals surface area contributed by atoms with Crippen LogP contribution in [0.2, 0.25) is 0 Å². The van der Waals surface area contributed by atoms with E-state index in [-0.39, 0.29) is 6.61 Å². The molecule has 0 spiro atoms. The molecule has 0 aliphatic carbocycles. The van der Waals surface area contributed by atoms with E-state index in [4.69, 9.17) is 9.84 Å². The average Bonchev–Trinajstić information content (AvgIpc) is 2.77. The number of hydrogen-bond acceptors (Lipinski definition) is 5. The van der Waals surface area contributed by atoms with E-state index < -0.39 is 0 Å². The Balaban J connectivity index is 0.000000494. The molecule has 0 unspecified atom stereocenters. The van der Waals surface area contributed by atoms with Gasteiger partial charge >= 0.3 is 0 Å². The Hall–Kier alpha value is -0.300. The number of hydrogen-bond donors (Lipinski definition) is 1. The number of carbonyl (C=O) groups excluding carboxylic acids is 1. The first-order valence-electron chi connectivity index (χ1n) is 6.20. The van der Waals surface area contributed by atoms with Crippen LogP contribution in [0, 0.1) is 0 Å². The molecule has 6 heteroatoms. The number of aliphatic hydroxyl groups is 1. The largest absolute Gasteiger partial charge is 0.394 e. The van der Waals surface area contributed by atoms with Crippen molar-refractivity contribution >= 4 is 17.7 Å². The summed E-state index contributed by atoms with van der Waals surface area (Å²) in [7, 11) is 3.26. The van der Waals surface area contributed by atoms with Crippen LogP contribution >= 0.6 is 11.8 Å². The molecule has 0 atom stereocenters. The minimum Gasteiger partial charge on any atom is -0.394 e. The number of ether oxygens (including phenoxy) is 2. The summed E-state index contributed by atoms with van der Waals surface area (Å²) in [4.78, 5) is 13.1. The standard InChI is InChI=1S/C9H17NO2S.C3H8O2/c1-12-6-8-13-7-5-10-4-2-3-9(10)11;1-5-3-2-4/h2-8H2,1H3;4H,2-3H2,1H3. The van der Waals surface area contributed by atoms with Gasteiger partial charge < -0.3 is 19.5 Å². The molecule has 0 bridgehead atoms. The Morgan fingerprint density at radius 2 is 2.00 bits per heavy atom. The van der Waals surface area contributed by atoms with Gasteiger partial charge in [0.2, 0.25) is 5.91 Å². The van der Waals surface area contributed by atoms with Crippen LogP contribution in [0.5, 0.6) is 0 Å². The van der Waals surface area contributed by atoms with Gasteiger partial charge in [0.05, 0.1) is 19.8 Å². The van der Waals surface area contributed by atoms with E-state index in [2.05, 4.69) is 4.74 Å². The second-order valence-electron chi connectivity index (χ2n) is 3.81. The summed E-state index contributed by atoms with van der Waals surface area (Å²) < 4.78 is 9.37. The van der Waals surface area contributed by atoms with Crippen molar-refractivity contribution in [2.24, 2.45) is 0 Å². The fourth-order valence-corrected chi connectivity index (χ4v) is 2.29. The third-order valence-electron chi connectivity index (χ3n) is 2.40. The van der Waals surface area contributed by atoms with Gasteiger partial charge in [-0.2, -0.15) is 11.8 Å². The van der Waals surface area contributed by atoms with Gasteiger partial charge in [0.15, 0.2) is 0 Å². The maximum absolute atomic E-state index is 11.2. The second-order valence-corrected chi connectivity index (χ2v) is 5.03. The van der Waals surface area contributed by atoms with Crippen LogP contribution in [-0.4, -0.2) is 74.5 Å². The van der Waals surface area contributed by atoms with E-state index >= 15 is 0 Å². The molecule has 0 aromatic carbocycles. The van der Waals surface area contributed by atoms with Crippen LogP contribution in [0.15, 0.2) is 0 Å². The van der Waals surface area contributed by atoms with E-state index in [0.29, 0.717) is 12.5 Å². The summed E-state index contributed by atoms with van der Waals surface area (Å²) in [5.41, 5.74) is 0. The Morgan fingerprint density at radius 1 is 1.28 bits per heavy atom. The Labute approximate surface area is 114 Å². The molecule has 0 radical (unpaired) electrons. The number of likely N-dealkylation sites (tertiary alicyclic amines) is 1. The topological polar surface area (TPSA) is 59.0 Å². The van der Waals surface area contributed by atoms with Crippen molar-refractivity contribution in [3.8, 4) is 0 Å². The maximum atomic E-state index is 11.2. The number of carbonyl (C=O) groups is 1. The number of aliphatic hydroxyl groups excluding tert-OH is 1. The minimum atomic E-state index is 0.122. The van der Waals surface area contributed by atoms with Crippen molar-refractivity contribution < 1.29 is 19.4 Å². The van der Waals surface area contributed by atoms with Gasteiger partial charge in [0, 0.05) is 45.2 Å². The number of rotatable bonds is 8.